The minimum absolute atomic E-state index is 0.00658. The first-order valence-corrected chi connectivity index (χ1v) is 10.2. The number of hydrogen-bond acceptors (Lipinski definition) is 3. The van der Waals surface area contributed by atoms with Crippen LogP contribution in [0.4, 0.5) is 11.4 Å². The number of rotatable bonds is 5. The van der Waals surface area contributed by atoms with Crippen LogP contribution in [0.1, 0.15) is 24.8 Å². The van der Waals surface area contributed by atoms with Crippen LogP contribution in [-0.4, -0.2) is 36.3 Å². The summed E-state index contributed by atoms with van der Waals surface area (Å²) in [5, 5.41) is 3.70. The molecule has 6 heteroatoms. The predicted molar refractivity (Wildman–Crippen MR) is 111 cm³/mol. The molecule has 28 heavy (non-hydrogen) atoms. The summed E-state index contributed by atoms with van der Waals surface area (Å²) < 4.78 is 0. The van der Waals surface area contributed by atoms with Gasteiger partial charge in [0, 0.05) is 37.6 Å². The van der Waals surface area contributed by atoms with Gasteiger partial charge in [-0.25, -0.2) is 0 Å². The van der Waals surface area contributed by atoms with Crippen LogP contribution in [0, 0.1) is 5.92 Å². The minimum atomic E-state index is -0.346. The molecule has 0 spiro atoms. The highest BCUT2D eigenvalue weighted by Gasteiger charge is 2.34. The zero-order valence-electron chi connectivity index (χ0n) is 15.7. The molecule has 0 aromatic heterocycles. The molecular formula is C22H24ClN3O2. The number of nitrogens with zero attached hydrogens (tertiary/aromatic N) is 2. The van der Waals surface area contributed by atoms with Gasteiger partial charge in [-0.2, -0.15) is 0 Å². The van der Waals surface area contributed by atoms with Gasteiger partial charge >= 0.3 is 0 Å². The van der Waals surface area contributed by atoms with Crippen molar-refractivity contribution in [2.24, 2.45) is 5.92 Å². The quantitative estimate of drug-likeness (QED) is 0.831. The number of likely N-dealkylation sites (tertiary alicyclic amines) is 1. The fraction of sp³-hybridized carbons (Fsp3) is 0.364. The highest BCUT2D eigenvalue weighted by atomic mass is 35.5. The van der Waals surface area contributed by atoms with Gasteiger partial charge in [-0.1, -0.05) is 41.9 Å². The van der Waals surface area contributed by atoms with Crippen LogP contribution in [0.25, 0.3) is 0 Å². The zero-order valence-corrected chi connectivity index (χ0v) is 16.5. The standard InChI is InChI=1S/C22H24ClN3O2/c23-18-8-2-1-7-16(18)14-26-15-17(13-21(26)27)22(28)24-19-9-3-4-10-20(19)25-11-5-6-12-25/h1-4,7-10,17H,5-6,11-15H2,(H,24,28). The second-order valence-corrected chi connectivity index (χ2v) is 7.87. The molecular weight excluding hydrogens is 374 g/mol. The van der Waals surface area contributed by atoms with Gasteiger partial charge in [0.15, 0.2) is 0 Å². The largest absolute Gasteiger partial charge is 0.370 e. The summed E-state index contributed by atoms with van der Waals surface area (Å²) in [7, 11) is 0. The van der Waals surface area contributed by atoms with E-state index in [0.29, 0.717) is 18.1 Å². The molecule has 4 rings (SSSR count). The zero-order chi connectivity index (χ0) is 19.5. The number of carbonyl (C=O) groups excluding carboxylic acids is 2. The molecule has 1 atom stereocenters. The topological polar surface area (TPSA) is 52.7 Å². The Morgan fingerprint density at radius 1 is 1.07 bits per heavy atom. The Bertz CT molecular complexity index is 880. The number of benzene rings is 2. The van der Waals surface area contributed by atoms with E-state index >= 15 is 0 Å². The molecule has 2 saturated heterocycles. The lowest BCUT2D eigenvalue weighted by Crippen LogP contribution is -2.28. The summed E-state index contributed by atoms with van der Waals surface area (Å²) in [6.07, 6.45) is 2.59. The molecule has 2 aromatic carbocycles. The summed E-state index contributed by atoms with van der Waals surface area (Å²) in [5.74, 6) is -0.448. The van der Waals surface area contributed by atoms with Crippen LogP contribution in [0.15, 0.2) is 48.5 Å². The maximum absolute atomic E-state index is 12.9. The molecule has 1 unspecified atom stereocenters. The fourth-order valence-electron chi connectivity index (χ4n) is 3.98. The first-order valence-electron chi connectivity index (χ1n) is 9.78. The maximum atomic E-state index is 12.9. The Kier molecular flexibility index (Phi) is 5.53. The number of hydrogen-bond donors (Lipinski definition) is 1. The monoisotopic (exact) mass is 397 g/mol. The van der Waals surface area contributed by atoms with Crippen LogP contribution in [-0.2, 0) is 16.1 Å². The lowest BCUT2D eigenvalue weighted by molar-refractivity contribution is -0.128. The molecule has 2 aliphatic heterocycles. The Morgan fingerprint density at radius 2 is 1.79 bits per heavy atom. The number of carbonyl (C=O) groups is 2. The smallest absolute Gasteiger partial charge is 0.229 e. The van der Waals surface area contributed by atoms with E-state index in [1.165, 1.54) is 12.8 Å². The Hall–Kier alpha value is -2.53. The SMILES string of the molecule is O=C(Nc1ccccc1N1CCCC1)C1CC(=O)N(Cc2ccccc2Cl)C1. The molecule has 2 heterocycles. The van der Waals surface area contributed by atoms with Gasteiger partial charge in [0.25, 0.3) is 0 Å². The van der Waals surface area contributed by atoms with Crippen LogP contribution in [0.2, 0.25) is 5.02 Å². The molecule has 146 valence electrons. The number of para-hydroxylation sites is 2. The predicted octanol–water partition coefficient (Wildman–Crippen LogP) is 3.93. The molecule has 2 amide bonds. The van der Waals surface area contributed by atoms with Crippen molar-refractivity contribution < 1.29 is 9.59 Å². The van der Waals surface area contributed by atoms with E-state index in [0.717, 1.165) is 30.0 Å². The van der Waals surface area contributed by atoms with Crippen molar-refractivity contribution in [3.63, 3.8) is 0 Å². The van der Waals surface area contributed by atoms with Gasteiger partial charge < -0.3 is 15.1 Å². The van der Waals surface area contributed by atoms with Crippen molar-refractivity contribution >= 4 is 34.8 Å². The van der Waals surface area contributed by atoms with Crippen molar-refractivity contribution in [3.05, 3.63) is 59.1 Å². The molecule has 2 fully saturated rings. The molecule has 2 aromatic rings. The van der Waals surface area contributed by atoms with Crippen LogP contribution >= 0.6 is 11.6 Å². The molecule has 1 N–H and O–H groups in total. The number of nitrogens with one attached hydrogen (secondary N) is 1. The third-order valence-electron chi connectivity index (χ3n) is 5.51. The van der Waals surface area contributed by atoms with Crippen LogP contribution in [0.5, 0.6) is 0 Å². The molecule has 5 nitrogen and oxygen atoms in total. The Labute approximate surface area is 170 Å². The lowest BCUT2D eigenvalue weighted by atomic mass is 10.1. The molecule has 0 saturated carbocycles. The second kappa shape index (κ2) is 8.23. The highest BCUT2D eigenvalue weighted by molar-refractivity contribution is 6.31. The van der Waals surface area contributed by atoms with Crippen molar-refractivity contribution in [2.75, 3.05) is 29.9 Å². The third-order valence-corrected chi connectivity index (χ3v) is 5.88. The van der Waals surface area contributed by atoms with E-state index in [9.17, 15) is 9.59 Å². The summed E-state index contributed by atoms with van der Waals surface area (Å²) >= 11 is 6.21. The minimum Gasteiger partial charge on any atom is -0.370 e. The van der Waals surface area contributed by atoms with Gasteiger partial charge in [0.2, 0.25) is 11.8 Å². The number of amides is 2. The summed E-state index contributed by atoms with van der Waals surface area (Å²) in [6, 6.07) is 15.4. The average molecular weight is 398 g/mol. The van der Waals surface area contributed by atoms with Gasteiger partial charge in [0.05, 0.1) is 17.3 Å². The average Bonchev–Trinajstić information content (AvgIpc) is 3.35. The summed E-state index contributed by atoms with van der Waals surface area (Å²) in [6.45, 7) is 2.88. The van der Waals surface area contributed by atoms with E-state index < -0.39 is 0 Å². The summed E-state index contributed by atoms with van der Waals surface area (Å²) in [4.78, 5) is 29.3. The molecule has 0 bridgehead atoms. The van der Waals surface area contributed by atoms with Crippen molar-refractivity contribution in [3.8, 4) is 0 Å². The van der Waals surface area contributed by atoms with Gasteiger partial charge in [0.1, 0.15) is 0 Å². The van der Waals surface area contributed by atoms with E-state index in [1.54, 1.807) is 4.90 Å². The van der Waals surface area contributed by atoms with Gasteiger partial charge in [-0.3, -0.25) is 9.59 Å². The Balaban J connectivity index is 1.42. The highest BCUT2D eigenvalue weighted by Crippen LogP contribution is 2.30. The van der Waals surface area contributed by atoms with Gasteiger partial charge in [-0.05, 0) is 36.6 Å². The molecule has 2 aliphatic rings. The normalized spacial score (nSPS) is 19.3. The fourth-order valence-corrected chi connectivity index (χ4v) is 4.18. The molecule has 0 radical (unpaired) electrons. The van der Waals surface area contributed by atoms with Crippen LogP contribution < -0.4 is 10.2 Å². The van der Waals surface area contributed by atoms with E-state index in [-0.39, 0.29) is 24.2 Å². The van der Waals surface area contributed by atoms with Gasteiger partial charge in [-0.15, -0.1) is 0 Å². The summed E-state index contributed by atoms with van der Waals surface area (Å²) in [5.41, 5.74) is 2.79. The first kappa shape index (κ1) is 18.8. The van der Waals surface area contributed by atoms with Crippen molar-refractivity contribution in [1.82, 2.24) is 4.90 Å². The first-order chi connectivity index (χ1) is 13.6. The number of anilines is 2. The van der Waals surface area contributed by atoms with E-state index in [2.05, 4.69) is 10.2 Å². The lowest BCUT2D eigenvalue weighted by Gasteiger charge is -2.22. The second-order valence-electron chi connectivity index (χ2n) is 7.47. The van der Waals surface area contributed by atoms with E-state index in [1.807, 2.05) is 48.5 Å². The number of halogens is 1. The van der Waals surface area contributed by atoms with Crippen molar-refractivity contribution in [2.45, 2.75) is 25.8 Å². The Morgan fingerprint density at radius 3 is 2.57 bits per heavy atom. The third kappa shape index (κ3) is 3.99. The van der Waals surface area contributed by atoms with Crippen molar-refractivity contribution in [1.29, 1.82) is 0 Å². The molecule has 0 aliphatic carbocycles. The van der Waals surface area contributed by atoms with E-state index in [4.69, 9.17) is 11.6 Å². The van der Waals surface area contributed by atoms with Crippen LogP contribution in [0.3, 0.4) is 0 Å². The maximum Gasteiger partial charge on any atom is 0.229 e.